The lowest BCUT2D eigenvalue weighted by Gasteiger charge is -2.08. The zero-order valence-electron chi connectivity index (χ0n) is 10.8. The van der Waals surface area contributed by atoms with E-state index in [1.54, 1.807) is 36.0 Å². The van der Waals surface area contributed by atoms with Gasteiger partial charge in [-0.25, -0.2) is 0 Å². The fraction of sp³-hybridized carbons (Fsp3) is 0.333. The van der Waals surface area contributed by atoms with E-state index in [1.165, 1.54) is 4.90 Å². The Morgan fingerprint density at radius 1 is 1.11 bits per heavy atom. The Hall–Kier alpha value is -1.73. The first kappa shape index (κ1) is 13.7. The molecule has 0 radical (unpaired) electrons. The van der Waals surface area contributed by atoms with Crippen LogP contribution in [0.5, 0.6) is 0 Å². The summed E-state index contributed by atoms with van der Waals surface area (Å²) < 4.78 is 0. The van der Waals surface area contributed by atoms with Gasteiger partial charge in [-0.05, 0) is 24.3 Å². The van der Waals surface area contributed by atoms with Crippen molar-refractivity contribution in [1.29, 1.82) is 0 Å². The van der Waals surface area contributed by atoms with E-state index in [9.17, 15) is 9.59 Å². The van der Waals surface area contributed by atoms with Gasteiger partial charge in [0.15, 0.2) is 0 Å². The first-order valence-electron chi connectivity index (χ1n) is 6.24. The van der Waals surface area contributed by atoms with Crippen molar-refractivity contribution in [3.8, 4) is 11.8 Å². The molecule has 1 aliphatic rings. The molecule has 0 bridgehead atoms. The monoisotopic (exact) mass is 273 g/mol. The molecule has 0 aromatic heterocycles. The molecule has 98 valence electrons. The lowest BCUT2D eigenvalue weighted by Crippen LogP contribution is -2.30. The Kier molecular flexibility index (Phi) is 4.64. The van der Waals surface area contributed by atoms with Crippen molar-refractivity contribution in [2.24, 2.45) is 0 Å². The molecule has 19 heavy (non-hydrogen) atoms. The molecule has 0 N–H and O–H groups in total. The molecule has 2 amide bonds. The van der Waals surface area contributed by atoms with Crippen LogP contribution in [0.25, 0.3) is 0 Å². The van der Waals surface area contributed by atoms with Crippen molar-refractivity contribution in [3.63, 3.8) is 0 Å². The third-order valence-corrected chi connectivity index (χ3v) is 3.81. The zero-order valence-corrected chi connectivity index (χ0v) is 11.6. The van der Waals surface area contributed by atoms with Crippen LogP contribution in [0, 0.1) is 11.8 Å². The summed E-state index contributed by atoms with van der Waals surface area (Å²) in [5, 5.41) is 0. The van der Waals surface area contributed by atoms with Crippen molar-refractivity contribution < 1.29 is 9.59 Å². The van der Waals surface area contributed by atoms with Crippen LogP contribution in [0.15, 0.2) is 24.3 Å². The van der Waals surface area contributed by atoms with Crippen LogP contribution < -0.4 is 0 Å². The van der Waals surface area contributed by atoms with Gasteiger partial charge in [0, 0.05) is 0 Å². The highest BCUT2D eigenvalue weighted by Crippen LogP contribution is 2.21. The van der Waals surface area contributed by atoms with Gasteiger partial charge >= 0.3 is 0 Å². The van der Waals surface area contributed by atoms with E-state index in [0.717, 1.165) is 17.9 Å². The summed E-state index contributed by atoms with van der Waals surface area (Å²) in [6.07, 6.45) is 1.13. The highest BCUT2D eigenvalue weighted by atomic mass is 32.2. The van der Waals surface area contributed by atoms with Crippen molar-refractivity contribution in [2.75, 3.05) is 18.1 Å². The van der Waals surface area contributed by atoms with Gasteiger partial charge in [0.2, 0.25) is 0 Å². The number of carbonyl (C=O) groups excluding carboxylic acids is 2. The van der Waals surface area contributed by atoms with E-state index in [2.05, 4.69) is 18.8 Å². The van der Waals surface area contributed by atoms with Crippen molar-refractivity contribution in [1.82, 2.24) is 4.90 Å². The van der Waals surface area contributed by atoms with E-state index in [-0.39, 0.29) is 18.4 Å². The van der Waals surface area contributed by atoms with Gasteiger partial charge < -0.3 is 0 Å². The highest BCUT2D eigenvalue weighted by Gasteiger charge is 2.34. The van der Waals surface area contributed by atoms with Crippen LogP contribution >= 0.6 is 11.8 Å². The van der Waals surface area contributed by atoms with E-state index in [4.69, 9.17) is 0 Å². The highest BCUT2D eigenvalue weighted by molar-refractivity contribution is 7.99. The van der Waals surface area contributed by atoms with E-state index >= 15 is 0 Å². The molecular formula is C15H15NO2S. The van der Waals surface area contributed by atoms with Gasteiger partial charge in [-0.3, -0.25) is 14.5 Å². The van der Waals surface area contributed by atoms with E-state index in [1.807, 2.05) is 0 Å². The van der Waals surface area contributed by atoms with Crippen molar-refractivity contribution >= 4 is 23.6 Å². The molecule has 2 rings (SSSR count). The van der Waals surface area contributed by atoms with Gasteiger partial charge in [-0.1, -0.05) is 30.9 Å². The third-order valence-electron chi connectivity index (χ3n) is 2.76. The number of fused-ring (bicyclic) bond motifs is 1. The average Bonchev–Trinajstić information content (AvgIpc) is 2.68. The molecule has 3 nitrogen and oxygen atoms in total. The normalized spacial score (nSPS) is 13.2. The molecule has 1 aromatic carbocycles. The average molecular weight is 273 g/mol. The summed E-state index contributed by atoms with van der Waals surface area (Å²) in [4.78, 5) is 25.2. The van der Waals surface area contributed by atoms with Gasteiger partial charge in [0.05, 0.1) is 23.4 Å². The quantitative estimate of drug-likeness (QED) is 0.480. The molecule has 1 heterocycles. The molecule has 1 aliphatic heterocycles. The lowest BCUT2D eigenvalue weighted by atomic mass is 10.1. The largest absolute Gasteiger partial charge is 0.269 e. The number of benzene rings is 1. The standard InChI is InChI=1S/C15H15NO2S/c1-2-10-19-11-6-5-9-16-14(17)12-7-3-4-8-13(12)15(16)18/h3-4,7-8H,2,9-11H2,1H3. The van der Waals surface area contributed by atoms with Crippen LogP contribution in [-0.4, -0.2) is 34.8 Å². The van der Waals surface area contributed by atoms with Gasteiger partial charge in [-0.2, -0.15) is 0 Å². The number of carbonyl (C=O) groups is 2. The number of amides is 2. The minimum absolute atomic E-state index is 0.180. The number of hydrogen-bond acceptors (Lipinski definition) is 3. The number of imide groups is 1. The molecule has 0 spiro atoms. The summed E-state index contributed by atoms with van der Waals surface area (Å²) in [6, 6.07) is 6.89. The third kappa shape index (κ3) is 2.99. The maximum absolute atomic E-state index is 12.0. The van der Waals surface area contributed by atoms with Crippen molar-refractivity contribution in [3.05, 3.63) is 35.4 Å². The van der Waals surface area contributed by atoms with Gasteiger partial charge in [-0.15, -0.1) is 11.8 Å². The van der Waals surface area contributed by atoms with Crippen molar-refractivity contribution in [2.45, 2.75) is 13.3 Å². The fourth-order valence-electron chi connectivity index (χ4n) is 1.84. The SMILES string of the molecule is CCCSCC#CCN1C(=O)c2ccccc2C1=O. The first-order valence-corrected chi connectivity index (χ1v) is 7.40. The van der Waals surface area contributed by atoms with E-state index in [0.29, 0.717) is 11.1 Å². The number of hydrogen-bond donors (Lipinski definition) is 0. The fourth-order valence-corrected chi connectivity index (χ4v) is 2.47. The summed E-state index contributed by atoms with van der Waals surface area (Å²) in [7, 11) is 0. The molecule has 4 heteroatoms. The molecule has 0 aliphatic carbocycles. The van der Waals surface area contributed by atoms with E-state index < -0.39 is 0 Å². The topological polar surface area (TPSA) is 37.4 Å². The summed E-state index contributed by atoms with van der Waals surface area (Å²) in [5.41, 5.74) is 0.962. The number of rotatable bonds is 4. The second kappa shape index (κ2) is 6.44. The maximum Gasteiger partial charge on any atom is 0.262 e. The first-order chi connectivity index (χ1) is 9.25. The van der Waals surface area contributed by atoms with Crippen LogP contribution in [0.1, 0.15) is 34.1 Å². The van der Waals surface area contributed by atoms with Gasteiger partial charge in [0.25, 0.3) is 11.8 Å². The van der Waals surface area contributed by atoms with Crippen LogP contribution in [0.2, 0.25) is 0 Å². The molecule has 0 saturated carbocycles. The Morgan fingerprint density at radius 2 is 1.74 bits per heavy atom. The smallest absolute Gasteiger partial charge is 0.262 e. The predicted molar refractivity (Wildman–Crippen MR) is 77.2 cm³/mol. The molecule has 0 atom stereocenters. The Labute approximate surface area is 117 Å². The summed E-state index contributed by atoms with van der Waals surface area (Å²) in [6.45, 7) is 2.30. The summed E-state index contributed by atoms with van der Waals surface area (Å²) >= 11 is 1.76. The lowest BCUT2D eigenvalue weighted by molar-refractivity contribution is 0.0675. The second-order valence-corrected chi connectivity index (χ2v) is 5.25. The molecular weight excluding hydrogens is 258 g/mol. The minimum Gasteiger partial charge on any atom is -0.269 e. The van der Waals surface area contributed by atoms with Crippen LogP contribution in [0.4, 0.5) is 0 Å². The molecule has 0 unspecified atom stereocenters. The van der Waals surface area contributed by atoms with Gasteiger partial charge in [0.1, 0.15) is 0 Å². The number of thioether (sulfide) groups is 1. The van der Waals surface area contributed by atoms with Crippen LogP contribution in [0.3, 0.4) is 0 Å². The zero-order chi connectivity index (χ0) is 13.7. The minimum atomic E-state index is -0.240. The second-order valence-electron chi connectivity index (χ2n) is 4.15. The Balaban J connectivity index is 1.97. The Morgan fingerprint density at radius 3 is 2.32 bits per heavy atom. The number of nitrogens with zero attached hydrogens (tertiary/aromatic N) is 1. The Bertz CT molecular complexity index is 522. The molecule has 1 aromatic rings. The molecule has 0 fully saturated rings. The predicted octanol–water partition coefficient (Wildman–Crippen LogP) is 2.43. The molecule has 0 saturated heterocycles. The van der Waals surface area contributed by atoms with Crippen LogP contribution in [-0.2, 0) is 0 Å². The summed E-state index contributed by atoms with van der Waals surface area (Å²) in [5.74, 6) is 7.23. The maximum atomic E-state index is 12.0.